The molecule has 26 heavy (non-hydrogen) atoms. The van der Waals surface area contributed by atoms with Crippen LogP contribution in [0.25, 0.3) is 0 Å². The highest BCUT2D eigenvalue weighted by Gasteiger charge is 2.19. The number of hydrogen-bond acceptors (Lipinski definition) is 4. The Morgan fingerprint density at radius 3 is 2.35 bits per heavy atom. The third kappa shape index (κ3) is 5.43. The second-order valence-electron chi connectivity index (χ2n) is 6.45. The van der Waals surface area contributed by atoms with Gasteiger partial charge in [-0.25, -0.2) is 4.79 Å². The number of ether oxygens (including phenoxy) is 2. The van der Waals surface area contributed by atoms with Gasteiger partial charge in [-0.2, -0.15) is 0 Å². The first-order chi connectivity index (χ1) is 12.4. The van der Waals surface area contributed by atoms with Gasteiger partial charge >= 0.3 is 5.97 Å². The van der Waals surface area contributed by atoms with E-state index in [1.807, 2.05) is 30.3 Å². The summed E-state index contributed by atoms with van der Waals surface area (Å²) in [7, 11) is 1.59. The van der Waals surface area contributed by atoms with E-state index in [9.17, 15) is 9.59 Å². The normalized spacial score (nSPS) is 11.9. The van der Waals surface area contributed by atoms with Crippen LogP contribution in [0.15, 0.2) is 48.5 Å². The summed E-state index contributed by atoms with van der Waals surface area (Å²) in [6, 6.07) is 14.6. The van der Waals surface area contributed by atoms with Gasteiger partial charge in [-0.05, 0) is 48.2 Å². The van der Waals surface area contributed by atoms with Gasteiger partial charge < -0.3 is 14.8 Å². The van der Waals surface area contributed by atoms with Crippen LogP contribution in [0.5, 0.6) is 0 Å². The standard InChI is InChI=1S/C21H25NO4/c1-14(2)17-8-10-19(11-9-17)22-20(23)15(3)26-21(24)18-7-5-6-16(12-18)13-25-4/h5-12,14-15H,13H2,1-4H3,(H,22,23)/t15-/m1/s1. The van der Waals surface area contributed by atoms with Crippen molar-refractivity contribution in [1.82, 2.24) is 0 Å². The summed E-state index contributed by atoms with van der Waals surface area (Å²) >= 11 is 0. The highest BCUT2D eigenvalue weighted by Crippen LogP contribution is 2.17. The lowest BCUT2D eigenvalue weighted by molar-refractivity contribution is -0.123. The summed E-state index contributed by atoms with van der Waals surface area (Å²) in [5.74, 6) is -0.488. The minimum atomic E-state index is -0.904. The van der Waals surface area contributed by atoms with Gasteiger partial charge in [-0.1, -0.05) is 38.1 Å². The summed E-state index contributed by atoms with van der Waals surface area (Å²) in [6.07, 6.45) is -0.904. The number of benzene rings is 2. The van der Waals surface area contributed by atoms with Gasteiger partial charge in [-0.3, -0.25) is 4.79 Å². The van der Waals surface area contributed by atoms with E-state index in [1.54, 1.807) is 32.2 Å². The predicted molar refractivity (Wildman–Crippen MR) is 101 cm³/mol. The number of carbonyl (C=O) groups is 2. The van der Waals surface area contributed by atoms with E-state index in [4.69, 9.17) is 9.47 Å². The molecule has 1 atom stereocenters. The Balaban J connectivity index is 1.95. The molecule has 0 spiro atoms. The predicted octanol–water partition coefficient (Wildman–Crippen LogP) is 4.14. The van der Waals surface area contributed by atoms with E-state index >= 15 is 0 Å². The average Bonchev–Trinajstić information content (AvgIpc) is 2.62. The number of rotatable bonds is 7. The molecule has 5 heteroatoms. The van der Waals surface area contributed by atoms with Crippen molar-refractivity contribution in [3.8, 4) is 0 Å². The maximum atomic E-state index is 12.3. The monoisotopic (exact) mass is 355 g/mol. The van der Waals surface area contributed by atoms with Gasteiger partial charge in [0.1, 0.15) is 0 Å². The van der Waals surface area contributed by atoms with Crippen LogP contribution in [-0.2, 0) is 20.9 Å². The van der Waals surface area contributed by atoms with Crippen LogP contribution in [0.1, 0.15) is 48.2 Å². The highest BCUT2D eigenvalue weighted by molar-refractivity contribution is 5.97. The van der Waals surface area contributed by atoms with Crippen LogP contribution < -0.4 is 5.32 Å². The molecule has 0 saturated carbocycles. The Morgan fingerprint density at radius 2 is 1.73 bits per heavy atom. The number of nitrogens with one attached hydrogen (secondary N) is 1. The van der Waals surface area contributed by atoms with Crippen molar-refractivity contribution >= 4 is 17.6 Å². The third-order valence-corrected chi connectivity index (χ3v) is 3.97. The molecule has 138 valence electrons. The van der Waals surface area contributed by atoms with Crippen molar-refractivity contribution in [2.45, 2.75) is 39.4 Å². The van der Waals surface area contributed by atoms with Crippen LogP contribution in [-0.4, -0.2) is 25.1 Å². The molecule has 0 aliphatic carbocycles. The summed E-state index contributed by atoms with van der Waals surface area (Å²) in [5.41, 5.74) is 3.12. The Morgan fingerprint density at radius 1 is 1.04 bits per heavy atom. The van der Waals surface area contributed by atoms with Crippen LogP contribution in [0.2, 0.25) is 0 Å². The highest BCUT2D eigenvalue weighted by atomic mass is 16.5. The van der Waals surface area contributed by atoms with Crippen LogP contribution >= 0.6 is 0 Å². The lowest BCUT2D eigenvalue weighted by Crippen LogP contribution is -2.30. The van der Waals surface area contributed by atoms with Crippen LogP contribution in [0.3, 0.4) is 0 Å². The van der Waals surface area contributed by atoms with Gasteiger partial charge in [-0.15, -0.1) is 0 Å². The lowest BCUT2D eigenvalue weighted by atomic mass is 10.0. The van der Waals surface area contributed by atoms with Crippen molar-refractivity contribution < 1.29 is 19.1 Å². The number of methoxy groups -OCH3 is 1. The smallest absolute Gasteiger partial charge is 0.338 e. The molecule has 0 aliphatic heterocycles. The van der Waals surface area contributed by atoms with Gasteiger partial charge in [0.2, 0.25) is 0 Å². The van der Waals surface area contributed by atoms with Crippen molar-refractivity contribution in [3.63, 3.8) is 0 Å². The molecule has 5 nitrogen and oxygen atoms in total. The second kappa shape index (κ2) is 9.15. The molecule has 0 saturated heterocycles. The summed E-state index contributed by atoms with van der Waals surface area (Å²) < 4.78 is 10.3. The number of hydrogen-bond donors (Lipinski definition) is 1. The molecule has 2 aromatic carbocycles. The molecule has 0 fully saturated rings. The molecule has 0 heterocycles. The van der Waals surface area contributed by atoms with Crippen molar-refractivity contribution in [1.29, 1.82) is 0 Å². The first-order valence-corrected chi connectivity index (χ1v) is 8.60. The zero-order chi connectivity index (χ0) is 19.1. The molecule has 0 aliphatic rings. The van der Waals surface area contributed by atoms with E-state index in [-0.39, 0.29) is 5.91 Å². The van der Waals surface area contributed by atoms with Gasteiger partial charge in [0.05, 0.1) is 12.2 Å². The fraction of sp³-hybridized carbons (Fsp3) is 0.333. The van der Waals surface area contributed by atoms with E-state index in [0.29, 0.717) is 23.8 Å². The zero-order valence-electron chi connectivity index (χ0n) is 15.6. The molecular weight excluding hydrogens is 330 g/mol. The fourth-order valence-corrected chi connectivity index (χ4v) is 2.43. The molecule has 0 bridgehead atoms. The zero-order valence-corrected chi connectivity index (χ0v) is 15.6. The second-order valence-corrected chi connectivity index (χ2v) is 6.45. The number of esters is 1. The van der Waals surface area contributed by atoms with Crippen LogP contribution in [0.4, 0.5) is 5.69 Å². The van der Waals surface area contributed by atoms with Crippen LogP contribution in [0, 0.1) is 0 Å². The van der Waals surface area contributed by atoms with E-state index in [0.717, 1.165) is 5.56 Å². The average molecular weight is 355 g/mol. The Kier molecular flexibility index (Phi) is 6.92. The topological polar surface area (TPSA) is 64.6 Å². The van der Waals surface area contributed by atoms with Crippen molar-refractivity contribution in [2.75, 3.05) is 12.4 Å². The largest absolute Gasteiger partial charge is 0.449 e. The third-order valence-electron chi connectivity index (χ3n) is 3.97. The van der Waals surface area contributed by atoms with E-state index in [2.05, 4.69) is 19.2 Å². The summed E-state index contributed by atoms with van der Waals surface area (Å²) in [6.45, 7) is 6.17. The van der Waals surface area contributed by atoms with Crippen molar-refractivity contribution in [2.24, 2.45) is 0 Å². The fourth-order valence-electron chi connectivity index (χ4n) is 2.43. The van der Waals surface area contributed by atoms with Gasteiger partial charge in [0, 0.05) is 12.8 Å². The lowest BCUT2D eigenvalue weighted by Gasteiger charge is -2.14. The molecule has 0 aromatic heterocycles. The molecule has 1 amide bonds. The summed E-state index contributed by atoms with van der Waals surface area (Å²) in [5, 5.41) is 2.76. The molecule has 2 rings (SSSR count). The first-order valence-electron chi connectivity index (χ1n) is 8.60. The molecule has 0 radical (unpaired) electrons. The van der Waals surface area contributed by atoms with Gasteiger partial charge in [0.15, 0.2) is 6.10 Å². The molecule has 0 unspecified atom stereocenters. The molecular formula is C21H25NO4. The molecule has 2 aromatic rings. The minimum Gasteiger partial charge on any atom is -0.449 e. The van der Waals surface area contributed by atoms with Gasteiger partial charge in [0.25, 0.3) is 5.91 Å². The first kappa shape index (κ1) is 19.7. The summed E-state index contributed by atoms with van der Waals surface area (Å²) in [4.78, 5) is 24.5. The minimum absolute atomic E-state index is 0.372. The Bertz CT molecular complexity index is 753. The van der Waals surface area contributed by atoms with E-state index < -0.39 is 12.1 Å². The quantitative estimate of drug-likeness (QED) is 0.758. The number of carbonyl (C=O) groups excluding carboxylic acids is 2. The van der Waals surface area contributed by atoms with Crippen molar-refractivity contribution in [3.05, 3.63) is 65.2 Å². The number of anilines is 1. The maximum Gasteiger partial charge on any atom is 0.338 e. The Labute approximate surface area is 154 Å². The number of amides is 1. The molecule has 1 N–H and O–H groups in total. The van der Waals surface area contributed by atoms with E-state index in [1.165, 1.54) is 5.56 Å². The maximum absolute atomic E-state index is 12.3. The SMILES string of the molecule is COCc1cccc(C(=O)O[C@H](C)C(=O)Nc2ccc(C(C)C)cc2)c1. The Hall–Kier alpha value is -2.66.